The molecule has 0 aliphatic carbocycles. The molecule has 0 aromatic heterocycles. The van der Waals surface area contributed by atoms with Gasteiger partial charge >= 0.3 is 0 Å². The number of hydrogen-bond acceptors (Lipinski definition) is 3. The number of carbonyl (C=O) groups is 2. The number of carbonyl (C=O) groups excluding carboxylic acids is 2. The smallest absolute Gasteiger partial charge is 0.253 e. The molecule has 5 aromatic carbocycles. The molecule has 0 heterocycles. The maximum absolute atomic E-state index is 13.6. The molecule has 5 rings (SSSR count). The number of fused-ring (bicyclic) bond motifs is 2. The van der Waals surface area contributed by atoms with Gasteiger partial charge in [-0.2, -0.15) is 0 Å². The molecule has 0 aliphatic heterocycles. The Morgan fingerprint density at radius 3 is 2.00 bits per heavy atom. The zero-order valence-corrected chi connectivity index (χ0v) is 19.7. The molecule has 2 amide bonds. The molecular weight excluding hydrogens is 448 g/mol. The van der Waals surface area contributed by atoms with Crippen LogP contribution in [0, 0.1) is 0 Å². The van der Waals surface area contributed by atoms with Gasteiger partial charge in [0.2, 0.25) is 5.91 Å². The molecule has 3 N–H and O–H groups in total. The molecule has 0 aliphatic rings. The van der Waals surface area contributed by atoms with E-state index in [4.69, 9.17) is 10.5 Å². The molecule has 0 unspecified atom stereocenters. The van der Waals surface area contributed by atoms with E-state index in [0.29, 0.717) is 17.9 Å². The molecule has 178 valence electrons. The largest absolute Gasteiger partial charge is 0.489 e. The topological polar surface area (TPSA) is 81.4 Å². The highest BCUT2D eigenvalue weighted by atomic mass is 16.5. The average Bonchev–Trinajstić information content (AvgIpc) is 2.91. The average molecular weight is 475 g/mol. The molecule has 0 fully saturated rings. The highest BCUT2D eigenvalue weighted by Crippen LogP contribution is 2.28. The minimum absolute atomic E-state index is 0.256. The lowest BCUT2D eigenvalue weighted by atomic mass is 9.95. The fraction of sp³-hybridized carbons (Fsp3) is 0.0968. The Morgan fingerprint density at radius 2 is 1.33 bits per heavy atom. The Hall–Kier alpha value is -4.64. The van der Waals surface area contributed by atoms with E-state index in [-0.39, 0.29) is 12.3 Å². The van der Waals surface area contributed by atoms with Gasteiger partial charge in [-0.1, -0.05) is 91.0 Å². The molecule has 1 atom stereocenters. The second-order valence-electron chi connectivity index (χ2n) is 8.75. The van der Waals surface area contributed by atoms with Crippen molar-refractivity contribution in [1.29, 1.82) is 0 Å². The van der Waals surface area contributed by atoms with Gasteiger partial charge in [-0.05, 0) is 50.9 Å². The molecule has 0 spiro atoms. The first-order valence-corrected chi connectivity index (χ1v) is 11.8. The van der Waals surface area contributed by atoms with E-state index in [9.17, 15) is 9.59 Å². The molecule has 5 heteroatoms. The van der Waals surface area contributed by atoms with Crippen molar-refractivity contribution >= 4 is 33.4 Å². The van der Waals surface area contributed by atoms with Crippen molar-refractivity contribution in [3.05, 3.63) is 126 Å². The summed E-state index contributed by atoms with van der Waals surface area (Å²) in [7, 11) is 0. The van der Waals surface area contributed by atoms with Gasteiger partial charge in [-0.25, -0.2) is 0 Å². The van der Waals surface area contributed by atoms with Crippen LogP contribution < -0.4 is 15.8 Å². The number of rotatable bonds is 8. The van der Waals surface area contributed by atoms with Gasteiger partial charge in [-0.15, -0.1) is 0 Å². The van der Waals surface area contributed by atoms with E-state index in [2.05, 4.69) is 11.4 Å². The maximum atomic E-state index is 13.6. The van der Waals surface area contributed by atoms with Gasteiger partial charge in [0, 0.05) is 6.42 Å². The first-order valence-electron chi connectivity index (χ1n) is 11.8. The van der Waals surface area contributed by atoms with Crippen LogP contribution in [0.4, 0.5) is 0 Å². The second kappa shape index (κ2) is 10.3. The third kappa shape index (κ3) is 5.05. The summed E-state index contributed by atoms with van der Waals surface area (Å²) in [6.45, 7) is 0.439. The highest BCUT2D eigenvalue weighted by Gasteiger charge is 2.22. The second-order valence-corrected chi connectivity index (χ2v) is 8.75. The van der Waals surface area contributed by atoms with Crippen LogP contribution in [0.15, 0.2) is 109 Å². The Kier molecular flexibility index (Phi) is 6.63. The van der Waals surface area contributed by atoms with E-state index in [1.165, 1.54) is 0 Å². The van der Waals surface area contributed by atoms with Gasteiger partial charge in [-0.3, -0.25) is 9.59 Å². The van der Waals surface area contributed by atoms with E-state index in [0.717, 1.165) is 32.7 Å². The number of nitrogens with two attached hydrogens (primary N) is 1. The van der Waals surface area contributed by atoms with Crippen molar-refractivity contribution in [3.63, 3.8) is 0 Å². The van der Waals surface area contributed by atoms with Crippen LogP contribution in [0.3, 0.4) is 0 Å². The first-order chi connectivity index (χ1) is 17.6. The minimum atomic E-state index is -0.875. The van der Waals surface area contributed by atoms with Crippen LogP contribution in [0.2, 0.25) is 0 Å². The van der Waals surface area contributed by atoms with E-state index in [1.807, 2.05) is 103 Å². The summed E-state index contributed by atoms with van der Waals surface area (Å²) < 4.78 is 5.92. The maximum Gasteiger partial charge on any atom is 0.253 e. The fourth-order valence-electron chi connectivity index (χ4n) is 4.45. The van der Waals surface area contributed by atoms with E-state index >= 15 is 0 Å². The molecule has 0 saturated heterocycles. The lowest BCUT2D eigenvalue weighted by Crippen LogP contribution is -2.46. The van der Waals surface area contributed by atoms with Gasteiger partial charge in [0.25, 0.3) is 5.91 Å². The molecular formula is C31H26N2O3. The summed E-state index contributed by atoms with van der Waals surface area (Å²) in [6.07, 6.45) is 0.256. The van der Waals surface area contributed by atoms with Gasteiger partial charge in [0.15, 0.2) is 0 Å². The summed E-state index contributed by atoms with van der Waals surface area (Å²) in [5, 5.41) is 6.46. The standard InChI is InChI=1S/C31H26N2O3/c32-30(34)28(18-22-11-8-14-25(17-22)36-20-21-9-2-1-3-10-21)33-31(35)29-26-15-6-4-12-23(26)19-24-13-5-7-16-27(24)29/h1-17,19,28H,18,20H2,(H2,32,34)(H,33,35)/t28-/m1/s1. The van der Waals surface area contributed by atoms with Crippen molar-refractivity contribution in [3.8, 4) is 5.75 Å². The molecule has 5 nitrogen and oxygen atoms in total. The van der Waals surface area contributed by atoms with Gasteiger partial charge in [0.1, 0.15) is 18.4 Å². The van der Waals surface area contributed by atoms with Crippen molar-refractivity contribution in [2.24, 2.45) is 5.73 Å². The lowest BCUT2D eigenvalue weighted by molar-refractivity contribution is -0.119. The molecule has 36 heavy (non-hydrogen) atoms. The predicted molar refractivity (Wildman–Crippen MR) is 143 cm³/mol. The van der Waals surface area contributed by atoms with E-state index in [1.54, 1.807) is 0 Å². The fourth-order valence-corrected chi connectivity index (χ4v) is 4.45. The third-order valence-electron chi connectivity index (χ3n) is 6.23. The number of benzene rings is 5. The predicted octanol–water partition coefficient (Wildman–Crippen LogP) is 5.40. The Balaban J connectivity index is 1.38. The summed E-state index contributed by atoms with van der Waals surface area (Å²) in [5.41, 5.74) is 8.16. The molecule has 0 bridgehead atoms. The zero-order valence-electron chi connectivity index (χ0n) is 19.7. The quantitative estimate of drug-likeness (QED) is 0.296. The SMILES string of the molecule is NC(=O)[C@@H](Cc1cccc(OCc2ccccc2)c1)NC(=O)c1c2ccccc2cc2ccccc12. The summed E-state index contributed by atoms with van der Waals surface area (Å²) >= 11 is 0. The van der Waals surface area contributed by atoms with Crippen LogP contribution in [-0.2, 0) is 17.8 Å². The van der Waals surface area contributed by atoms with Crippen molar-refractivity contribution < 1.29 is 14.3 Å². The lowest BCUT2D eigenvalue weighted by Gasteiger charge is -2.18. The van der Waals surface area contributed by atoms with E-state index < -0.39 is 11.9 Å². The Labute approximate surface area is 209 Å². The number of amides is 2. The van der Waals surface area contributed by atoms with Crippen molar-refractivity contribution in [1.82, 2.24) is 5.32 Å². The van der Waals surface area contributed by atoms with Crippen LogP contribution in [-0.4, -0.2) is 17.9 Å². The summed E-state index contributed by atoms with van der Waals surface area (Å²) in [6, 6.07) is 34.1. The van der Waals surface area contributed by atoms with Crippen molar-refractivity contribution in [2.75, 3.05) is 0 Å². The number of ether oxygens (including phenoxy) is 1. The van der Waals surface area contributed by atoms with Crippen LogP contribution >= 0.6 is 0 Å². The number of nitrogens with one attached hydrogen (secondary N) is 1. The van der Waals surface area contributed by atoms with Crippen LogP contribution in [0.1, 0.15) is 21.5 Å². The van der Waals surface area contributed by atoms with Crippen molar-refractivity contribution in [2.45, 2.75) is 19.1 Å². The zero-order chi connectivity index (χ0) is 24.9. The minimum Gasteiger partial charge on any atom is -0.489 e. The van der Waals surface area contributed by atoms with Crippen LogP contribution in [0.5, 0.6) is 5.75 Å². The summed E-state index contributed by atoms with van der Waals surface area (Å²) in [5.74, 6) is -0.238. The molecule has 0 saturated carbocycles. The summed E-state index contributed by atoms with van der Waals surface area (Å²) in [4.78, 5) is 25.9. The third-order valence-corrected chi connectivity index (χ3v) is 6.23. The monoisotopic (exact) mass is 474 g/mol. The number of hydrogen-bond donors (Lipinski definition) is 2. The molecule has 0 radical (unpaired) electrons. The Morgan fingerprint density at radius 1 is 0.722 bits per heavy atom. The Bertz CT molecular complexity index is 1490. The highest BCUT2D eigenvalue weighted by molar-refractivity contribution is 6.18. The van der Waals surface area contributed by atoms with Gasteiger partial charge in [0.05, 0.1) is 5.56 Å². The molecule has 5 aromatic rings. The van der Waals surface area contributed by atoms with Crippen LogP contribution in [0.25, 0.3) is 21.5 Å². The normalized spacial score (nSPS) is 11.8. The number of primary amides is 1. The van der Waals surface area contributed by atoms with Gasteiger partial charge < -0.3 is 15.8 Å². The first kappa shape index (κ1) is 23.1.